The molecular formula is C14H21ClN2. The summed E-state index contributed by atoms with van der Waals surface area (Å²) in [6.45, 7) is 9.08. The second-order valence-electron chi connectivity index (χ2n) is 5.44. The van der Waals surface area contributed by atoms with Crippen LogP contribution in [0.4, 0.5) is 0 Å². The van der Waals surface area contributed by atoms with Crippen molar-refractivity contribution in [2.45, 2.75) is 39.8 Å². The van der Waals surface area contributed by atoms with Crippen LogP contribution >= 0.6 is 11.6 Å². The summed E-state index contributed by atoms with van der Waals surface area (Å²) in [7, 11) is 0. The second kappa shape index (κ2) is 5.36. The highest BCUT2D eigenvalue weighted by Crippen LogP contribution is 2.28. The van der Waals surface area contributed by atoms with Crippen molar-refractivity contribution in [1.82, 2.24) is 9.88 Å². The molecule has 2 nitrogen and oxygen atoms in total. The quantitative estimate of drug-likeness (QED) is 0.748. The lowest BCUT2D eigenvalue weighted by atomic mass is 9.86. The van der Waals surface area contributed by atoms with Gasteiger partial charge >= 0.3 is 0 Å². The average Bonchev–Trinajstić information content (AvgIpc) is 2.28. The minimum absolute atomic E-state index is 0.627. The van der Waals surface area contributed by atoms with Gasteiger partial charge in [0.25, 0.3) is 0 Å². The zero-order valence-electron chi connectivity index (χ0n) is 10.9. The zero-order chi connectivity index (χ0) is 12.4. The summed E-state index contributed by atoms with van der Waals surface area (Å²) in [4.78, 5) is 6.68. The van der Waals surface area contributed by atoms with E-state index in [-0.39, 0.29) is 0 Å². The lowest BCUT2D eigenvalue weighted by Crippen LogP contribution is -2.45. The third-order valence-electron chi connectivity index (χ3n) is 3.93. The van der Waals surface area contributed by atoms with Crippen LogP contribution in [0.25, 0.3) is 0 Å². The van der Waals surface area contributed by atoms with Crippen molar-refractivity contribution in [3.8, 4) is 0 Å². The molecule has 1 aliphatic heterocycles. The van der Waals surface area contributed by atoms with E-state index < -0.39 is 0 Å². The largest absolute Gasteiger partial charge is 0.296 e. The van der Waals surface area contributed by atoms with Crippen LogP contribution in [0.2, 0.25) is 5.15 Å². The molecule has 0 radical (unpaired) electrons. The summed E-state index contributed by atoms with van der Waals surface area (Å²) in [5, 5.41) is 0.644. The Hall–Kier alpha value is -0.600. The molecule has 0 aromatic carbocycles. The predicted octanol–water partition coefficient (Wildman–Crippen LogP) is 3.60. The first kappa shape index (κ1) is 12.8. The lowest BCUT2D eigenvalue weighted by Gasteiger charge is -2.41. The van der Waals surface area contributed by atoms with Gasteiger partial charge in [-0.15, -0.1) is 0 Å². The van der Waals surface area contributed by atoms with Crippen molar-refractivity contribution in [2.24, 2.45) is 11.8 Å². The van der Waals surface area contributed by atoms with Crippen LogP contribution in [0.15, 0.2) is 18.3 Å². The number of aromatic nitrogens is 1. The highest BCUT2D eigenvalue weighted by atomic mass is 35.5. The molecule has 3 unspecified atom stereocenters. The van der Waals surface area contributed by atoms with Crippen molar-refractivity contribution >= 4 is 11.6 Å². The fourth-order valence-corrected chi connectivity index (χ4v) is 2.98. The van der Waals surface area contributed by atoms with Gasteiger partial charge < -0.3 is 0 Å². The summed E-state index contributed by atoms with van der Waals surface area (Å²) in [6, 6.07) is 4.66. The maximum absolute atomic E-state index is 6.13. The molecule has 0 aliphatic carbocycles. The molecule has 1 saturated heterocycles. The minimum atomic E-state index is 0.627. The maximum Gasteiger partial charge on any atom is 0.133 e. The molecule has 0 saturated carbocycles. The van der Waals surface area contributed by atoms with Gasteiger partial charge in [0, 0.05) is 30.9 Å². The molecule has 17 heavy (non-hydrogen) atoms. The second-order valence-corrected chi connectivity index (χ2v) is 5.80. The molecule has 1 aromatic heterocycles. The maximum atomic E-state index is 6.13. The van der Waals surface area contributed by atoms with Crippen LogP contribution in [0.3, 0.4) is 0 Å². The molecule has 0 bridgehead atoms. The van der Waals surface area contributed by atoms with Crippen molar-refractivity contribution in [2.75, 3.05) is 6.54 Å². The molecule has 3 atom stereocenters. The molecule has 0 N–H and O–H groups in total. The van der Waals surface area contributed by atoms with Crippen LogP contribution in [0.1, 0.15) is 32.8 Å². The molecule has 2 heterocycles. The SMILES string of the molecule is CC1CC(C)C(C)N(Cc2cccnc2Cl)C1. The van der Waals surface area contributed by atoms with Gasteiger partial charge in [0.1, 0.15) is 5.15 Å². The van der Waals surface area contributed by atoms with Gasteiger partial charge in [-0.05, 0) is 31.2 Å². The van der Waals surface area contributed by atoms with Gasteiger partial charge in [-0.2, -0.15) is 0 Å². The van der Waals surface area contributed by atoms with E-state index in [9.17, 15) is 0 Å². The molecule has 0 amide bonds. The normalized spacial score (nSPS) is 30.5. The average molecular weight is 253 g/mol. The monoisotopic (exact) mass is 252 g/mol. The highest BCUT2D eigenvalue weighted by molar-refractivity contribution is 6.30. The number of nitrogens with zero attached hydrogens (tertiary/aromatic N) is 2. The summed E-state index contributed by atoms with van der Waals surface area (Å²) >= 11 is 6.13. The number of pyridine rings is 1. The summed E-state index contributed by atoms with van der Waals surface area (Å²) in [5.74, 6) is 1.53. The van der Waals surface area contributed by atoms with Crippen LogP contribution in [0.5, 0.6) is 0 Å². The van der Waals surface area contributed by atoms with Crippen molar-refractivity contribution in [3.63, 3.8) is 0 Å². The van der Waals surface area contributed by atoms with E-state index in [1.54, 1.807) is 6.20 Å². The molecule has 1 aromatic rings. The van der Waals surface area contributed by atoms with Crippen LogP contribution in [-0.4, -0.2) is 22.5 Å². The molecule has 0 spiro atoms. The molecule has 2 rings (SSSR count). The summed E-state index contributed by atoms with van der Waals surface area (Å²) in [6.07, 6.45) is 3.08. The standard InChI is InChI=1S/C14H21ClN2/c1-10-7-11(2)12(3)17(8-10)9-13-5-4-6-16-14(13)15/h4-6,10-12H,7-9H2,1-3H3. The van der Waals surface area contributed by atoms with Crippen molar-refractivity contribution in [1.29, 1.82) is 0 Å². The van der Waals surface area contributed by atoms with E-state index in [1.165, 1.54) is 6.42 Å². The van der Waals surface area contributed by atoms with Crippen molar-refractivity contribution in [3.05, 3.63) is 29.0 Å². The van der Waals surface area contributed by atoms with E-state index in [0.717, 1.165) is 30.5 Å². The first-order valence-corrected chi connectivity index (χ1v) is 6.79. The molecule has 1 aliphatic rings. The van der Waals surface area contributed by atoms with E-state index in [4.69, 9.17) is 11.6 Å². The van der Waals surface area contributed by atoms with Crippen molar-refractivity contribution < 1.29 is 0 Å². The number of hydrogen-bond donors (Lipinski definition) is 0. The smallest absolute Gasteiger partial charge is 0.133 e. The Bertz CT molecular complexity index is 380. The van der Waals surface area contributed by atoms with Gasteiger partial charge in [-0.25, -0.2) is 4.98 Å². The fraction of sp³-hybridized carbons (Fsp3) is 0.643. The first-order chi connectivity index (χ1) is 8.08. The Morgan fingerprint density at radius 2 is 2.18 bits per heavy atom. The Balaban J connectivity index is 2.10. The molecular weight excluding hydrogens is 232 g/mol. The van der Waals surface area contributed by atoms with E-state index in [0.29, 0.717) is 11.2 Å². The van der Waals surface area contributed by atoms with Gasteiger partial charge in [-0.1, -0.05) is 31.5 Å². The number of piperidine rings is 1. The Morgan fingerprint density at radius 3 is 2.88 bits per heavy atom. The van der Waals surface area contributed by atoms with Gasteiger partial charge in [0.05, 0.1) is 0 Å². The topological polar surface area (TPSA) is 16.1 Å². The fourth-order valence-electron chi connectivity index (χ4n) is 2.80. The molecule has 3 heteroatoms. The number of halogens is 1. The van der Waals surface area contributed by atoms with Gasteiger partial charge in [-0.3, -0.25) is 4.90 Å². The third-order valence-corrected chi connectivity index (χ3v) is 4.27. The molecule has 94 valence electrons. The minimum Gasteiger partial charge on any atom is -0.296 e. The first-order valence-electron chi connectivity index (χ1n) is 6.41. The van der Waals surface area contributed by atoms with Gasteiger partial charge in [0.2, 0.25) is 0 Å². The predicted molar refractivity (Wildman–Crippen MR) is 72.1 cm³/mol. The van der Waals surface area contributed by atoms with E-state index in [1.807, 2.05) is 6.07 Å². The summed E-state index contributed by atoms with van der Waals surface area (Å²) < 4.78 is 0. The van der Waals surface area contributed by atoms with Crippen LogP contribution in [0, 0.1) is 11.8 Å². The Kier molecular flexibility index (Phi) is 4.05. The Labute approximate surface area is 109 Å². The lowest BCUT2D eigenvalue weighted by molar-refractivity contribution is 0.0729. The van der Waals surface area contributed by atoms with E-state index >= 15 is 0 Å². The number of likely N-dealkylation sites (tertiary alicyclic amines) is 1. The van der Waals surface area contributed by atoms with E-state index in [2.05, 4.69) is 36.7 Å². The number of rotatable bonds is 2. The Morgan fingerprint density at radius 1 is 1.41 bits per heavy atom. The zero-order valence-corrected chi connectivity index (χ0v) is 11.6. The number of hydrogen-bond acceptors (Lipinski definition) is 2. The van der Waals surface area contributed by atoms with Crippen LogP contribution in [-0.2, 0) is 6.54 Å². The van der Waals surface area contributed by atoms with Gasteiger partial charge in [0.15, 0.2) is 0 Å². The third kappa shape index (κ3) is 2.99. The summed E-state index contributed by atoms with van der Waals surface area (Å²) in [5.41, 5.74) is 1.14. The molecule has 1 fully saturated rings. The van der Waals surface area contributed by atoms with Crippen LogP contribution < -0.4 is 0 Å². The highest BCUT2D eigenvalue weighted by Gasteiger charge is 2.28.